The highest BCUT2D eigenvalue weighted by molar-refractivity contribution is 6.06. The molecule has 7 nitrogen and oxygen atoms in total. The average Bonchev–Trinajstić information content (AvgIpc) is 2.63. The third-order valence-electron chi connectivity index (χ3n) is 3.97. The fourth-order valence-corrected chi connectivity index (χ4v) is 2.68. The van der Waals surface area contributed by atoms with Crippen molar-refractivity contribution < 1.29 is 23.5 Å². The monoisotopic (exact) mass is 371 g/mol. The number of anilines is 2. The number of nitrogens with one attached hydrogen (secondary N) is 1. The lowest BCUT2D eigenvalue weighted by atomic mass is 10.1. The second kappa shape index (κ2) is 7.45. The van der Waals surface area contributed by atoms with Gasteiger partial charge < -0.3 is 15.0 Å². The molecule has 2 aromatic rings. The van der Waals surface area contributed by atoms with Crippen LogP contribution in [0.3, 0.4) is 0 Å². The minimum Gasteiger partial charge on any atom is -0.482 e. The van der Waals surface area contributed by atoms with E-state index >= 15 is 0 Å². The van der Waals surface area contributed by atoms with Crippen molar-refractivity contribution in [1.82, 2.24) is 4.90 Å². The van der Waals surface area contributed by atoms with Crippen molar-refractivity contribution in [2.45, 2.75) is 0 Å². The highest BCUT2D eigenvalue weighted by atomic mass is 19.1. The SMILES string of the molecule is CN(C)C(=O)c1ccc2c(c1)N(CC(=O)Nc1cccc(F)c1)C(=O)CO2. The average molecular weight is 371 g/mol. The highest BCUT2D eigenvalue weighted by Gasteiger charge is 2.28. The van der Waals surface area contributed by atoms with Crippen LogP contribution in [-0.2, 0) is 9.59 Å². The topological polar surface area (TPSA) is 79.0 Å². The quantitative estimate of drug-likeness (QED) is 0.890. The Labute approximate surface area is 155 Å². The van der Waals surface area contributed by atoms with Gasteiger partial charge >= 0.3 is 0 Å². The third kappa shape index (κ3) is 4.05. The van der Waals surface area contributed by atoms with Crippen molar-refractivity contribution in [3.05, 3.63) is 53.8 Å². The van der Waals surface area contributed by atoms with Crippen molar-refractivity contribution in [3.63, 3.8) is 0 Å². The molecule has 8 heteroatoms. The van der Waals surface area contributed by atoms with E-state index < -0.39 is 17.6 Å². The van der Waals surface area contributed by atoms with Gasteiger partial charge in [0.05, 0.1) is 5.69 Å². The molecular formula is C19H18FN3O4. The number of hydrogen-bond acceptors (Lipinski definition) is 4. The maximum Gasteiger partial charge on any atom is 0.265 e. The first-order chi connectivity index (χ1) is 12.8. The first-order valence-electron chi connectivity index (χ1n) is 8.19. The Morgan fingerprint density at radius 3 is 2.70 bits per heavy atom. The van der Waals surface area contributed by atoms with E-state index in [9.17, 15) is 18.8 Å². The second-order valence-corrected chi connectivity index (χ2v) is 6.21. The van der Waals surface area contributed by atoms with E-state index in [0.717, 1.165) is 0 Å². The van der Waals surface area contributed by atoms with Gasteiger partial charge in [-0.05, 0) is 36.4 Å². The lowest BCUT2D eigenvalue weighted by molar-refractivity contribution is -0.123. The molecule has 0 atom stereocenters. The van der Waals surface area contributed by atoms with Gasteiger partial charge in [0.15, 0.2) is 6.61 Å². The maximum absolute atomic E-state index is 13.3. The van der Waals surface area contributed by atoms with Crippen molar-refractivity contribution in [1.29, 1.82) is 0 Å². The van der Waals surface area contributed by atoms with E-state index in [-0.39, 0.29) is 24.7 Å². The Bertz CT molecular complexity index is 914. The van der Waals surface area contributed by atoms with E-state index in [2.05, 4.69) is 5.32 Å². The summed E-state index contributed by atoms with van der Waals surface area (Å²) in [4.78, 5) is 39.5. The fourth-order valence-electron chi connectivity index (χ4n) is 2.68. The molecule has 0 unspecified atom stereocenters. The number of ether oxygens (including phenoxy) is 1. The predicted molar refractivity (Wildman–Crippen MR) is 97.3 cm³/mol. The number of nitrogens with zero attached hydrogens (tertiary/aromatic N) is 2. The molecule has 0 aliphatic carbocycles. The summed E-state index contributed by atoms with van der Waals surface area (Å²) in [6.07, 6.45) is 0. The molecule has 0 bridgehead atoms. The number of rotatable bonds is 4. The molecular weight excluding hydrogens is 353 g/mol. The molecule has 3 rings (SSSR count). The summed E-state index contributed by atoms with van der Waals surface area (Å²) in [5.74, 6) is -1.21. The summed E-state index contributed by atoms with van der Waals surface area (Å²) in [6.45, 7) is -0.494. The van der Waals surface area contributed by atoms with E-state index in [1.807, 2.05) is 0 Å². The van der Waals surface area contributed by atoms with Crippen LogP contribution in [0.1, 0.15) is 10.4 Å². The largest absolute Gasteiger partial charge is 0.482 e. The van der Waals surface area contributed by atoms with Crippen LogP contribution >= 0.6 is 0 Å². The molecule has 0 radical (unpaired) electrons. The second-order valence-electron chi connectivity index (χ2n) is 6.21. The van der Waals surface area contributed by atoms with Gasteiger partial charge in [-0.1, -0.05) is 6.07 Å². The van der Waals surface area contributed by atoms with Crippen LogP contribution in [0.15, 0.2) is 42.5 Å². The molecule has 1 N–H and O–H groups in total. The summed E-state index contributed by atoms with van der Waals surface area (Å²) in [5.41, 5.74) is 0.999. The summed E-state index contributed by atoms with van der Waals surface area (Å²) >= 11 is 0. The smallest absolute Gasteiger partial charge is 0.265 e. The van der Waals surface area contributed by atoms with Gasteiger partial charge in [-0.3, -0.25) is 19.3 Å². The minimum absolute atomic E-state index is 0.207. The zero-order valence-electron chi connectivity index (χ0n) is 14.9. The van der Waals surface area contributed by atoms with Crippen molar-refractivity contribution in [2.75, 3.05) is 37.5 Å². The zero-order chi connectivity index (χ0) is 19.6. The third-order valence-corrected chi connectivity index (χ3v) is 3.97. The lowest BCUT2D eigenvalue weighted by Gasteiger charge is -2.29. The van der Waals surface area contributed by atoms with Crippen LogP contribution in [0, 0.1) is 5.82 Å². The van der Waals surface area contributed by atoms with Crippen LogP contribution < -0.4 is 15.0 Å². The van der Waals surface area contributed by atoms with E-state index in [1.54, 1.807) is 32.3 Å². The molecule has 0 saturated heterocycles. The molecule has 1 aliphatic rings. The summed E-state index contributed by atoms with van der Waals surface area (Å²) in [6, 6.07) is 10.2. The number of hydrogen-bond donors (Lipinski definition) is 1. The summed E-state index contributed by atoms with van der Waals surface area (Å²) < 4.78 is 18.6. The fraction of sp³-hybridized carbons (Fsp3) is 0.211. The highest BCUT2D eigenvalue weighted by Crippen LogP contribution is 2.33. The molecule has 1 aliphatic heterocycles. The maximum atomic E-state index is 13.3. The van der Waals surface area contributed by atoms with Crippen molar-refractivity contribution in [2.24, 2.45) is 0 Å². The van der Waals surface area contributed by atoms with Crippen molar-refractivity contribution >= 4 is 29.1 Å². The van der Waals surface area contributed by atoms with Crippen molar-refractivity contribution in [3.8, 4) is 5.75 Å². The van der Waals surface area contributed by atoms with Crippen LogP contribution in [0.2, 0.25) is 0 Å². The molecule has 0 spiro atoms. The number of fused-ring (bicyclic) bond motifs is 1. The Hall–Kier alpha value is -3.42. The van der Waals surface area contributed by atoms with Gasteiger partial charge in [0, 0.05) is 25.3 Å². The molecule has 2 aromatic carbocycles. The molecule has 27 heavy (non-hydrogen) atoms. The lowest BCUT2D eigenvalue weighted by Crippen LogP contribution is -2.43. The first kappa shape index (κ1) is 18.4. The number of benzene rings is 2. The molecule has 1 heterocycles. The molecule has 140 valence electrons. The van der Waals surface area contributed by atoms with E-state index in [1.165, 1.54) is 34.1 Å². The Morgan fingerprint density at radius 1 is 1.22 bits per heavy atom. The van der Waals surface area contributed by atoms with E-state index in [4.69, 9.17) is 4.74 Å². The molecule has 0 saturated carbocycles. The van der Waals surface area contributed by atoms with Crippen LogP contribution in [0.4, 0.5) is 15.8 Å². The number of halogens is 1. The molecule has 0 aromatic heterocycles. The number of carbonyl (C=O) groups is 3. The Balaban J connectivity index is 1.83. The van der Waals surface area contributed by atoms with E-state index in [0.29, 0.717) is 17.0 Å². The van der Waals surface area contributed by atoms with Gasteiger partial charge in [0.1, 0.15) is 18.1 Å². The Morgan fingerprint density at radius 2 is 2.00 bits per heavy atom. The van der Waals surface area contributed by atoms with Gasteiger partial charge in [-0.15, -0.1) is 0 Å². The predicted octanol–water partition coefficient (Wildman–Crippen LogP) is 1.89. The normalized spacial score (nSPS) is 12.9. The first-order valence-corrected chi connectivity index (χ1v) is 8.19. The molecule has 3 amide bonds. The van der Waals surface area contributed by atoms with Crippen LogP contribution in [-0.4, -0.2) is 49.9 Å². The van der Waals surface area contributed by atoms with Gasteiger partial charge in [0.25, 0.3) is 11.8 Å². The van der Waals surface area contributed by atoms with Crippen LogP contribution in [0.25, 0.3) is 0 Å². The zero-order valence-corrected chi connectivity index (χ0v) is 14.9. The number of carbonyl (C=O) groups excluding carboxylic acids is 3. The van der Waals surface area contributed by atoms with Crippen LogP contribution in [0.5, 0.6) is 5.75 Å². The van der Waals surface area contributed by atoms with Gasteiger partial charge in [-0.25, -0.2) is 4.39 Å². The van der Waals surface area contributed by atoms with Gasteiger partial charge in [0.2, 0.25) is 5.91 Å². The minimum atomic E-state index is -0.494. The summed E-state index contributed by atoms with van der Waals surface area (Å²) in [7, 11) is 3.24. The standard InChI is InChI=1S/C19H18FN3O4/c1-22(2)19(26)12-6-7-16-15(8-12)23(18(25)11-27-16)10-17(24)21-14-5-3-4-13(20)9-14/h3-9H,10-11H2,1-2H3,(H,21,24). The molecule has 0 fully saturated rings. The summed E-state index contributed by atoms with van der Waals surface area (Å²) in [5, 5.41) is 2.55. The Kier molecular flexibility index (Phi) is 5.07. The van der Waals surface area contributed by atoms with Gasteiger partial charge in [-0.2, -0.15) is 0 Å². The number of amides is 3.